The van der Waals surface area contributed by atoms with Crippen LogP contribution < -0.4 is 5.32 Å². The first-order valence-electron chi connectivity index (χ1n) is 9.41. The van der Waals surface area contributed by atoms with Gasteiger partial charge in [-0.05, 0) is 31.0 Å². The van der Waals surface area contributed by atoms with Crippen LogP contribution in [0.2, 0.25) is 0 Å². The summed E-state index contributed by atoms with van der Waals surface area (Å²) in [6, 6.07) is 5.19. The van der Waals surface area contributed by atoms with Crippen LogP contribution in [0, 0.1) is 0 Å². The number of amidine groups is 1. The Morgan fingerprint density at radius 2 is 1.86 bits per heavy atom. The number of hydrogen-bond donors (Lipinski definition) is 1. The average Bonchev–Trinajstić information content (AvgIpc) is 2.63. The van der Waals surface area contributed by atoms with Gasteiger partial charge in [0.25, 0.3) is 0 Å². The second-order valence-electron chi connectivity index (χ2n) is 6.70. The normalized spacial score (nSPS) is 19.2. The first-order chi connectivity index (χ1) is 13.0. The highest BCUT2D eigenvalue weighted by atomic mass is 127. The summed E-state index contributed by atoms with van der Waals surface area (Å²) in [4.78, 5) is 11.3. The van der Waals surface area contributed by atoms with Crippen molar-refractivity contribution in [2.75, 3.05) is 38.2 Å². The highest BCUT2D eigenvalue weighted by Gasteiger charge is 2.30. The van der Waals surface area contributed by atoms with Gasteiger partial charge in [-0.15, -0.1) is 24.0 Å². The summed E-state index contributed by atoms with van der Waals surface area (Å²) >= 11 is 0. The second-order valence-corrected chi connectivity index (χ2v) is 6.70. The second kappa shape index (κ2) is 11.0. The molecule has 0 radical (unpaired) electrons. The fourth-order valence-corrected chi connectivity index (χ4v) is 3.10. The summed E-state index contributed by atoms with van der Waals surface area (Å²) in [5.41, 5.74) is -0.321. The number of guanidine groups is 1. The number of nitrogens with one attached hydrogen (secondary N) is 1. The van der Waals surface area contributed by atoms with E-state index in [1.807, 2.05) is 4.90 Å². The number of nitrogens with zero attached hydrogens (tertiary/aromatic N) is 3. The SMILES string of the molecule is FC(F)(F)c1cccc(NC(=NC2=NCCCCCC2)N2CCOCC2)c1.I. The molecular formula is C19H26F3IN4O. The van der Waals surface area contributed by atoms with E-state index in [0.29, 0.717) is 38.0 Å². The molecule has 1 saturated heterocycles. The molecule has 1 N–H and O–H groups in total. The molecule has 28 heavy (non-hydrogen) atoms. The maximum absolute atomic E-state index is 13.0. The number of ether oxygens (including phenoxy) is 1. The Kier molecular flexibility index (Phi) is 9.00. The van der Waals surface area contributed by atoms with E-state index in [1.54, 1.807) is 6.07 Å². The molecule has 1 fully saturated rings. The van der Waals surface area contributed by atoms with Gasteiger partial charge in [-0.1, -0.05) is 18.9 Å². The Morgan fingerprint density at radius 3 is 2.61 bits per heavy atom. The summed E-state index contributed by atoms with van der Waals surface area (Å²) in [6.45, 7) is 3.15. The molecule has 0 aromatic heterocycles. The maximum atomic E-state index is 13.0. The molecule has 156 valence electrons. The van der Waals surface area contributed by atoms with Crippen molar-refractivity contribution in [3.05, 3.63) is 29.8 Å². The maximum Gasteiger partial charge on any atom is 0.416 e. The fraction of sp³-hybridized carbons (Fsp3) is 0.579. The number of anilines is 1. The van der Waals surface area contributed by atoms with E-state index in [1.165, 1.54) is 12.5 Å². The monoisotopic (exact) mass is 510 g/mol. The summed E-state index contributed by atoms with van der Waals surface area (Å²) in [7, 11) is 0. The Hall–Kier alpha value is -1.36. The third-order valence-electron chi connectivity index (χ3n) is 4.59. The van der Waals surface area contributed by atoms with E-state index in [9.17, 15) is 13.2 Å². The van der Waals surface area contributed by atoms with E-state index in [0.717, 1.165) is 50.2 Å². The van der Waals surface area contributed by atoms with Gasteiger partial charge in [0.2, 0.25) is 5.96 Å². The molecule has 2 aliphatic heterocycles. The molecule has 0 bridgehead atoms. The number of hydrogen-bond acceptors (Lipinski definition) is 3. The van der Waals surface area contributed by atoms with Crippen LogP contribution in [0.3, 0.4) is 0 Å². The smallest absolute Gasteiger partial charge is 0.378 e. The zero-order chi connectivity index (χ0) is 19.1. The average molecular weight is 510 g/mol. The summed E-state index contributed by atoms with van der Waals surface area (Å²) in [5, 5.41) is 3.08. The molecule has 0 atom stereocenters. The molecule has 0 aliphatic carbocycles. The van der Waals surface area contributed by atoms with Crippen LogP contribution >= 0.6 is 24.0 Å². The van der Waals surface area contributed by atoms with Crippen molar-refractivity contribution >= 4 is 41.5 Å². The molecule has 0 unspecified atom stereocenters. The number of benzene rings is 1. The minimum atomic E-state index is -4.38. The molecule has 0 amide bonds. The van der Waals surface area contributed by atoms with Gasteiger partial charge in [-0.2, -0.15) is 18.2 Å². The van der Waals surface area contributed by atoms with Gasteiger partial charge >= 0.3 is 6.18 Å². The van der Waals surface area contributed by atoms with Crippen molar-refractivity contribution in [3.63, 3.8) is 0 Å². The predicted octanol–water partition coefficient (Wildman–Crippen LogP) is 4.79. The highest BCUT2D eigenvalue weighted by molar-refractivity contribution is 14.0. The quantitative estimate of drug-likeness (QED) is 0.336. The number of rotatable bonds is 1. The van der Waals surface area contributed by atoms with Crippen LogP contribution in [-0.2, 0) is 10.9 Å². The zero-order valence-electron chi connectivity index (χ0n) is 15.7. The third-order valence-corrected chi connectivity index (χ3v) is 4.59. The van der Waals surface area contributed by atoms with Gasteiger partial charge in [0, 0.05) is 31.7 Å². The third kappa shape index (κ3) is 6.91. The molecular weight excluding hydrogens is 484 g/mol. The van der Waals surface area contributed by atoms with E-state index < -0.39 is 11.7 Å². The molecule has 2 heterocycles. The summed E-state index contributed by atoms with van der Waals surface area (Å²) < 4.78 is 44.4. The van der Waals surface area contributed by atoms with Crippen molar-refractivity contribution in [2.24, 2.45) is 9.98 Å². The molecule has 1 aromatic carbocycles. The zero-order valence-corrected chi connectivity index (χ0v) is 18.0. The van der Waals surface area contributed by atoms with Crippen LogP contribution in [-0.4, -0.2) is 49.5 Å². The Bertz CT molecular complexity index is 688. The predicted molar refractivity (Wildman–Crippen MR) is 116 cm³/mol. The van der Waals surface area contributed by atoms with Crippen LogP contribution in [0.1, 0.15) is 37.7 Å². The lowest BCUT2D eigenvalue weighted by molar-refractivity contribution is -0.137. The number of morpholine rings is 1. The van der Waals surface area contributed by atoms with Crippen molar-refractivity contribution in [3.8, 4) is 0 Å². The summed E-state index contributed by atoms with van der Waals surface area (Å²) in [6.07, 6.45) is 0.826. The van der Waals surface area contributed by atoms with Gasteiger partial charge < -0.3 is 15.0 Å². The van der Waals surface area contributed by atoms with Gasteiger partial charge in [0.15, 0.2) is 0 Å². The van der Waals surface area contributed by atoms with Crippen molar-refractivity contribution in [1.82, 2.24) is 4.90 Å². The van der Waals surface area contributed by atoms with Crippen LogP contribution in [0.4, 0.5) is 18.9 Å². The molecule has 1 aromatic rings. The Morgan fingerprint density at radius 1 is 1.11 bits per heavy atom. The number of alkyl halides is 3. The van der Waals surface area contributed by atoms with Crippen molar-refractivity contribution < 1.29 is 17.9 Å². The van der Waals surface area contributed by atoms with E-state index in [2.05, 4.69) is 10.3 Å². The highest BCUT2D eigenvalue weighted by Crippen LogP contribution is 2.30. The largest absolute Gasteiger partial charge is 0.416 e. The van der Waals surface area contributed by atoms with Gasteiger partial charge in [-0.25, -0.2) is 0 Å². The van der Waals surface area contributed by atoms with Crippen molar-refractivity contribution in [2.45, 2.75) is 38.3 Å². The van der Waals surface area contributed by atoms with Crippen LogP contribution in [0.25, 0.3) is 0 Å². The standard InChI is InChI=1S/C19H25F3N4O.HI/c20-19(21,22)15-6-5-7-16(14-15)24-18(26-10-12-27-13-11-26)25-17-8-3-1-2-4-9-23-17;/h5-7,14H,1-4,8-13H2,(H,23,24,25);1H. The van der Waals surface area contributed by atoms with Gasteiger partial charge in [0.05, 0.1) is 18.8 Å². The lowest BCUT2D eigenvalue weighted by atomic mass is 10.1. The molecule has 0 saturated carbocycles. The van der Waals surface area contributed by atoms with Crippen molar-refractivity contribution in [1.29, 1.82) is 0 Å². The van der Waals surface area contributed by atoms with Gasteiger partial charge in [-0.3, -0.25) is 4.99 Å². The van der Waals surface area contributed by atoms with Crippen LogP contribution in [0.5, 0.6) is 0 Å². The fourth-order valence-electron chi connectivity index (χ4n) is 3.10. The minimum Gasteiger partial charge on any atom is -0.378 e. The number of halogens is 4. The molecule has 0 spiro atoms. The molecule has 5 nitrogen and oxygen atoms in total. The lowest BCUT2D eigenvalue weighted by Crippen LogP contribution is -2.44. The van der Waals surface area contributed by atoms with Crippen LogP contribution in [0.15, 0.2) is 34.3 Å². The first kappa shape index (κ1) is 22.9. The minimum absolute atomic E-state index is 0. The number of aliphatic imine (C=N–C) groups is 2. The van der Waals surface area contributed by atoms with E-state index in [-0.39, 0.29) is 24.0 Å². The molecule has 2 aliphatic rings. The molecule has 9 heteroatoms. The van der Waals surface area contributed by atoms with E-state index in [4.69, 9.17) is 9.73 Å². The Balaban J connectivity index is 0.00000280. The molecule has 3 rings (SSSR count). The topological polar surface area (TPSA) is 49.2 Å². The lowest BCUT2D eigenvalue weighted by Gasteiger charge is -2.30. The summed E-state index contributed by atoms with van der Waals surface area (Å²) in [5.74, 6) is 1.30. The van der Waals surface area contributed by atoms with Gasteiger partial charge in [0.1, 0.15) is 5.84 Å². The van der Waals surface area contributed by atoms with E-state index >= 15 is 0 Å². The Labute approximate surface area is 180 Å². The first-order valence-corrected chi connectivity index (χ1v) is 9.41.